The van der Waals surface area contributed by atoms with E-state index in [9.17, 15) is 14.0 Å². The first kappa shape index (κ1) is 19.1. The van der Waals surface area contributed by atoms with E-state index >= 15 is 0 Å². The summed E-state index contributed by atoms with van der Waals surface area (Å²) in [5, 5.41) is 9.61. The van der Waals surface area contributed by atoms with Gasteiger partial charge in [-0.1, -0.05) is 18.2 Å². The van der Waals surface area contributed by atoms with Crippen molar-refractivity contribution >= 4 is 11.6 Å². The molecule has 1 aliphatic carbocycles. The zero-order chi connectivity index (χ0) is 20.4. The average molecular weight is 391 g/mol. The van der Waals surface area contributed by atoms with Crippen LogP contribution in [0.5, 0.6) is 0 Å². The molecular weight excluding hydrogens is 369 g/mol. The van der Waals surface area contributed by atoms with E-state index in [-0.39, 0.29) is 17.3 Å². The molecule has 0 spiro atoms. The lowest BCUT2D eigenvalue weighted by Gasteiger charge is -2.17. The van der Waals surface area contributed by atoms with Gasteiger partial charge in [-0.2, -0.15) is 5.10 Å². The minimum absolute atomic E-state index is 0.0955. The predicted molar refractivity (Wildman–Crippen MR) is 110 cm³/mol. The molecule has 2 aromatic carbocycles. The Labute approximate surface area is 168 Å². The maximum Gasteiger partial charge on any atom is 0.267 e. The van der Waals surface area contributed by atoms with Crippen molar-refractivity contribution in [2.24, 2.45) is 0 Å². The number of aryl methyl sites for hydroxylation is 1. The van der Waals surface area contributed by atoms with Crippen molar-refractivity contribution in [2.45, 2.75) is 39.0 Å². The molecule has 1 amide bonds. The number of nitrogens with zero attached hydrogens (tertiary/aromatic N) is 1. The topological polar surface area (TPSA) is 74.8 Å². The zero-order valence-corrected chi connectivity index (χ0v) is 16.2. The van der Waals surface area contributed by atoms with Gasteiger partial charge in [0.2, 0.25) is 0 Å². The Morgan fingerprint density at radius 2 is 1.93 bits per heavy atom. The van der Waals surface area contributed by atoms with E-state index in [1.807, 2.05) is 18.2 Å². The second-order valence-corrected chi connectivity index (χ2v) is 7.46. The highest BCUT2D eigenvalue weighted by atomic mass is 19.1. The molecule has 0 saturated carbocycles. The second kappa shape index (κ2) is 7.99. The second-order valence-electron chi connectivity index (χ2n) is 7.46. The standard InChI is InChI=1S/C23H22FN3O2/c1-14-9-10-17(13-20(14)24)25-22(28)16-6-4-5-15(11-16)12-21-18-7-2-3-8-19(18)23(29)27-26-21/h4-6,9-11,13H,2-3,7-8,12H2,1H3,(H,25,28)(H,27,29). The molecule has 1 heterocycles. The predicted octanol–water partition coefficient (Wildman–Crippen LogP) is 3.94. The number of amides is 1. The van der Waals surface area contributed by atoms with Crippen LogP contribution in [-0.4, -0.2) is 16.1 Å². The SMILES string of the molecule is Cc1ccc(NC(=O)c2cccc(Cc3n[nH]c(=O)c4c3CCCC4)c2)cc1F. The van der Waals surface area contributed by atoms with Crippen molar-refractivity contribution < 1.29 is 9.18 Å². The van der Waals surface area contributed by atoms with Gasteiger partial charge in [-0.15, -0.1) is 0 Å². The number of aromatic nitrogens is 2. The van der Waals surface area contributed by atoms with E-state index in [1.54, 1.807) is 25.1 Å². The summed E-state index contributed by atoms with van der Waals surface area (Å²) in [6.07, 6.45) is 4.27. The van der Waals surface area contributed by atoms with E-state index < -0.39 is 0 Å². The van der Waals surface area contributed by atoms with Crippen molar-refractivity contribution in [3.8, 4) is 0 Å². The lowest BCUT2D eigenvalue weighted by Crippen LogP contribution is -2.23. The number of rotatable bonds is 4. The molecule has 148 valence electrons. The number of carbonyl (C=O) groups is 1. The van der Waals surface area contributed by atoms with Crippen molar-refractivity contribution in [1.82, 2.24) is 10.2 Å². The first-order chi connectivity index (χ1) is 14.0. The van der Waals surface area contributed by atoms with Crippen molar-refractivity contribution in [3.05, 3.63) is 92.1 Å². The van der Waals surface area contributed by atoms with E-state index in [0.717, 1.165) is 48.1 Å². The Hall–Kier alpha value is -3.28. The van der Waals surface area contributed by atoms with Gasteiger partial charge in [-0.3, -0.25) is 9.59 Å². The Balaban J connectivity index is 1.55. The number of nitrogens with one attached hydrogen (secondary N) is 2. The van der Waals surface area contributed by atoms with Crippen LogP contribution in [0.1, 0.15) is 51.1 Å². The summed E-state index contributed by atoms with van der Waals surface area (Å²) in [5.74, 6) is -0.656. The monoisotopic (exact) mass is 391 g/mol. The molecule has 3 aromatic rings. The third-order valence-electron chi connectivity index (χ3n) is 5.37. The molecule has 6 heteroatoms. The van der Waals surface area contributed by atoms with Crippen LogP contribution in [-0.2, 0) is 19.3 Å². The summed E-state index contributed by atoms with van der Waals surface area (Å²) < 4.78 is 13.7. The molecule has 0 aliphatic heterocycles. The van der Waals surface area contributed by atoms with Gasteiger partial charge in [-0.25, -0.2) is 9.49 Å². The quantitative estimate of drug-likeness (QED) is 0.707. The van der Waals surface area contributed by atoms with E-state index in [1.165, 1.54) is 6.07 Å². The van der Waals surface area contributed by atoms with Crippen LogP contribution in [0.15, 0.2) is 47.3 Å². The van der Waals surface area contributed by atoms with E-state index in [0.29, 0.717) is 23.2 Å². The van der Waals surface area contributed by atoms with Crippen LogP contribution in [0.2, 0.25) is 0 Å². The molecule has 1 aromatic heterocycles. The fourth-order valence-corrected chi connectivity index (χ4v) is 3.76. The maximum atomic E-state index is 13.7. The molecular formula is C23H22FN3O2. The molecule has 2 N–H and O–H groups in total. The van der Waals surface area contributed by atoms with Crippen LogP contribution in [0.4, 0.5) is 10.1 Å². The van der Waals surface area contributed by atoms with Crippen LogP contribution in [0.3, 0.4) is 0 Å². The molecule has 0 bridgehead atoms. The summed E-state index contributed by atoms with van der Waals surface area (Å²) in [4.78, 5) is 24.6. The van der Waals surface area contributed by atoms with Crippen molar-refractivity contribution in [3.63, 3.8) is 0 Å². The highest BCUT2D eigenvalue weighted by Crippen LogP contribution is 2.22. The highest BCUT2D eigenvalue weighted by Gasteiger charge is 2.18. The van der Waals surface area contributed by atoms with Crippen LogP contribution >= 0.6 is 0 Å². The highest BCUT2D eigenvalue weighted by molar-refractivity contribution is 6.04. The summed E-state index contributed by atoms with van der Waals surface area (Å²) >= 11 is 0. The number of benzene rings is 2. The minimum Gasteiger partial charge on any atom is -0.322 e. The fourth-order valence-electron chi connectivity index (χ4n) is 3.76. The van der Waals surface area contributed by atoms with Crippen molar-refractivity contribution in [2.75, 3.05) is 5.32 Å². The molecule has 0 fully saturated rings. The Bertz CT molecular complexity index is 1140. The molecule has 0 unspecified atom stereocenters. The van der Waals surface area contributed by atoms with Crippen LogP contribution in [0.25, 0.3) is 0 Å². The number of anilines is 1. The lowest BCUT2D eigenvalue weighted by molar-refractivity contribution is 0.102. The fraction of sp³-hybridized carbons (Fsp3) is 0.261. The first-order valence-corrected chi connectivity index (χ1v) is 9.77. The third-order valence-corrected chi connectivity index (χ3v) is 5.37. The smallest absolute Gasteiger partial charge is 0.267 e. The zero-order valence-electron chi connectivity index (χ0n) is 16.2. The number of hydrogen-bond acceptors (Lipinski definition) is 3. The Morgan fingerprint density at radius 1 is 1.14 bits per heavy atom. The Kier molecular flexibility index (Phi) is 5.25. The lowest BCUT2D eigenvalue weighted by atomic mass is 9.90. The van der Waals surface area contributed by atoms with Crippen LogP contribution in [0, 0.1) is 12.7 Å². The molecule has 0 radical (unpaired) electrons. The van der Waals surface area contributed by atoms with E-state index in [4.69, 9.17) is 0 Å². The Morgan fingerprint density at radius 3 is 2.72 bits per heavy atom. The van der Waals surface area contributed by atoms with Gasteiger partial charge in [0.1, 0.15) is 5.82 Å². The number of H-pyrrole nitrogens is 1. The number of carbonyl (C=O) groups excluding carboxylic acids is 1. The van der Waals surface area contributed by atoms with Gasteiger partial charge in [0.25, 0.3) is 11.5 Å². The molecule has 4 rings (SSSR count). The third kappa shape index (κ3) is 4.11. The van der Waals surface area contributed by atoms with Crippen LogP contribution < -0.4 is 10.9 Å². The van der Waals surface area contributed by atoms with Gasteiger partial charge < -0.3 is 5.32 Å². The summed E-state index contributed by atoms with van der Waals surface area (Å²) in [6, 6.07) is 11.9. The van der Waals surface area contributed by atoms with Crippen molar-refractivity contribution in [1.29, 1.82) is 0 Å². The molecule has 0 atom stereocenters. The van der Waals surface area contributed by atoms with Gasteiger partial charge >= 0.3 is 0 Å². The average Bonchev–Trinajstić information content (AvgIpc) is 2.73. The number of hydrogen-bond donors (Lipinski definition) is 2. The molecule has 1 aliphatic rings. The van der Waals surface area contributed by atoms with Gasteiger partial charge in [-0.05, 0) is 73.6 Å². The van der Waals surface area contributed by atoms with Gasteiger partial charge in [0, 0.05) is 23.2 Å². The summed E-state index contributed by atoms with van der Waals surface area (Å²) in [5.41, 5.74) is 5.02. The molecule has 5 nitrogen and oxygen atoms in total. The minimum atomic E-state index is -0.356. The normalized spacial score (nSPS) is 13.0. The largest absolute Gasteiger partial charge is 0.322 e. The summed E-state index contributed by atoms with van der Waals surface area (Å²) in [7, 11) is 0. The first-order valence-electron chi connectivity index (χ1n) is 9.77. The molecule has 29 heavy (non-hydrogen) atoms. The van der Waals surface area contributed by atoms with Gasteiger partial charge in [0.05, 0.1) is 5.69 Å². The van der Waals surface area contributed by atoms with Gasteiger partial charge in [0.15, 0.2) is 0 Å². The maximum absolute atomic E-state index is 13.7. The summed E-state index contributed by atoms with van der Waals surface area (Å²) in [6.45, 7) is 1.67. The number of halogens is 1. The number of fused-ring (bicyclic) bond motifs is 1. The molecule has 0 saturated heterocycles. The number of aromatic amines is 1. The van der Waals surface area contributed by atoms with E-state index in [2.05, 4.69) is 15.5 Å².